The number of carbonyl (C=O) groups is 12. The van der Waals surface area contributed by atoms with Crippen LogP contribution in [0.1, 0.15) is 78.1 Å². The molecular weight excluding hydrogens is 896 g/mol. The van der Waals surface area contributed by atoms with Gasteiger partial charge in [-0.15, -0.1) is 0 Å². The van der Waals surface area contributed by atoms with E-state index in [1.807, 2.05) is 0 Å². The van der Waals surface area contributed by atoms with Crippen molar-refractivity contribution < 1.29 is 83.1 Å². The number of carboxylic acids is 2. The molecule has 0 saturated carbocycles. The van der Waals surface area contributed by atoms with Gasteiger partial charge >= 0.3 is 11.9 Å². The minimum atomic E-state index is -1.83. The second kappa shape index (κ2) is 32.2. The first-order valence-corrected chi connectivity index (χ1v) is 21.1. The molecule has 10 amide bonds. The summed E-state index contributed by atoms with van der Waals surface area (Å²) in [5.74, 6) is -13.6. The first-order valence-electron chi connectivity index (χ1n) is 21.1. The maximum Gasteiger partial charge on any atom is 0.326 e. The maximum atomic E-state index is 13.4. The van der Waals surface area contributed by atoms with Crippen LogP contribution in [0.15, 0.2) is 0 Å². The van der Waals surface area contributed by atoms with E-state index < -0.39 is 171 Å². The van der Waals surface area contributed by atoms with Crippen LogP contribution in [0.5, 0.6) is 0 Å². The zero-order valence-corrected chi connectivity index (χ0v) is 37.2. The van der Waals surface area contributed by atoms with Gasteiger partial charge in [0.1, 0.15) is 48.3 Å². The topological polar surface area (TPSA) is 506 Å². The summed E-state index contributed by atoms with van der Waals surface area (Å²) in [7, 11) is 0. The summed E-state index contributed by atoms with van der Waals surface area (Å²) in [5, 5.41) is 65.6. The van der Waals surface area contributed by atoms with Gasteiger partial charge in [0.25, 0.3) is 0 Å². The number of rotatable bonds is 35. The van der Waals surface area contributed by atoms with Crippen LogP contribution in [-0.4, -0.2) is 178 Å². The molecule has 0 heterocycles. The lowest BCUT2D eigenvalue weighted by atomic mass is 10.0. The van der Waals surface area contributed by atoms with E-state index in [1.54, 1.807) is 13.8 Å². The van der Waals surface area contributed by atoms with Gasteiger partial charge in [-0.25, -0.2) is 4.79 Å². The van der Waals surface area contributed by atoms with Crippen LogP contribution in [0, 0.1) is 5.92 Å². The first kappa shape index (κ1) is 60.4. The molecule has 8 atom stereocenters. The number of aliphatic hydroxyl groups is 3. The molecule has 0 fully saturated rings. The highest BCUT2D eigenvalue weighted by molar-refractivity contribution is 5.97. The van der Waals surface area contributed by atoms with Crippen molar-refractivity contribution in [3.8, 4) is 0 Å². The Balaban J connectivity index is 5.98. The van der Waals surface area contributed by atoms with Crippen LogP contribution in [0.4, 0.5) is 0 Å². The summed E-state index contributed by atoms with van der Waals surface area (Å²) in [4.78, 5) is 150. The fraction of sp³-hybridized carbons (Fsp3) is 0.684. The average Bonchev–Trinajstić information content (AvgIpc) is 3.26. The molecular formula is C38H66N12O17. The lowest BCUT2D eigenvalue weighted by Gasteiger charge is -2.27. The van der Waals surface area contributed by atoms with E-state index in [-0.39, 0.29) is 38.1 Å². The summed E-state index contributed by atoms with van der Waals surface area (Å²) in [5.41, 5.74) is 21.3. The highest BCUT2D eigenvalue weighted by Gasteiger charge is 2.34. The Bertz CT molecular complexity index is 1740. The number of hydrogen-bond acceptors (Lipinski definition) is 17. The van der Waals surface area contributed by atoms with Crippen molar-refractivity contribution in [3.63, 3.8) is 0 Å². The zero-order valence-electron chi connectivity index (χ0n) is 37.2. The summed E-state index contributed by atoms with van der Waals surface area (Å²) < 4.78 is 0. The molecule has 29 heteroatoms. The fourth-order valence-electron chi connectivity index (χ4n) is 5.75. The van der Waals surface area contributed by atoms with Gasteiger partial charge in [-0.1, -0.05) is 13.8 Å². The Kier molecular flexibility index (Phi) is 29.0. The van der Waals surface area contributed by atoms with Gasteiger partial charge in [0.15, 0.2) is 0 Å². The van der Waals surface area contributed by atoms with E-state index in [0.717, 1.165) is 0 Å². The highest BCUT2D eigenvalue weighted by Crippen LogP contribution is 2.09. The fourth-order valence-corrected chi connectivity index (χ4v) is 5.75. The standard InChI is InChI=1S/C38H66N12O17/c1-18(2)13-24(49-34(62)21(6-9-27(41)54)45-31(59)19(40)15-51)35(63)50-26(17-53)37(65)46-20(8-11-30(57)58)32(60)43-14-29(56)44-25(16-52)36(64)47-22(7-10-28(42)55)33(61)48-23(38(66)67)5-3-4-12-39/h18-26,51-53H,3-17,39-40H2,1-2H3,(H2,41,54)(H2,42,55)(H,43,60)(H,44,56)(H,45,59)(H,46,65)(H,47,64)(H,48,61)(H,49,62)(H,50,63)(H,57,58)(H,66,67)/t19-,20-,21-,22-,23-,24-,25-,26-/m0/s1. The summed E-state index contributed by atoms with van der Waals surface area (Å²) in [6.07, 6.45) is -2.23. The predicted molar refractivity (Wildman–Crippen MR) is 229 cm³/mol. The third-order valence-electron chi connectivity index (χ3n) is 9.41. The van der Waals surface area contributed by atoms with Gasteiger partial charge in [-0.05, 0) is 57.4 Å². The number of nitrogens with one attached hydrogen (secondary N) is 8. The Labute approximate surface area is 384 Å². The Morgan fingerprint density at radius 1 is 0.478 bits per heavy atom. The number of nitrogens with two attached hydrogens (primary N) is 4. The molecule has 0 aromatic rings. The van der Waals surface area contributed by atoms with Gasteiger partial charge in [-0.3, -0.25) is 52.7 Å². The number of carboxylic acid groups (broad SMARTS) is 2. The van der Waals surface area contributed by atoms with Crippen molar-refractivity contribution in [1.82, 2.24) is 42.5 Å². The van der Waals surface area contributed by atoms with Crippen LogP contribution >= 0.6 is 0 Å². The molecule has 0 radical (unpaired) electrons. The van der Waals surface area contributed by atoms with Gasteiger partial charge in [-0.2, -0.15) is 0 Å². The molecule has 0 spiro atoms. The normalized spacial score (nSPS) is 14.5. The lowest BCUT2D eigenvalue weighted by molar-refractivity contribution is -0.142. The molecule has 380 valence electrons. The van der Waals surface area contributed by atoms with E-state index in [0.29, 0.717) is 12.8 Å². The molecule has 21 N–H and O–H groups in total. The molecule has 0 aromatic heterocycles. The smallest absolute Gasteiger partial charge is 0.326 e. The molecule has 0 aliphatic carbocycles. The molecule has 0 aliphatic heterocycles. The number of aliphatic hydroxyl groups excluding tert-OH is 3. The average molecular weight is 963 g/mol. The Hall–Kier alpha value is -6.56. The van der Waals surface area contributed by atoms with Gasteiger partial charge in [0.05, 0.1) is 26.4 Å². The zero-order chi connectivity index (χ0) is 51.4. The number of unbranched alkanes of at least 4 members (excludes halogenated alkanes) is 1. The summed E-state index contributed by atoms with van der Waals surface area (Å²) >= 11 is 0. The first-order chi connectivity index (χ1) is 31.4. The van der Waals surface area contributed by atoms with Gasteiger partial charge < -0.3 is 91.0 Å². The SMILES string of the molecule is CC(C)C[C@H](NC(=O)[C@H](CCC(N)=O)NC(=O)[C@@H](N)CO)C(=O)N[C@@H](CO)C(=O)N[C@@H](CCC(=O)O)C(=O)NCC(=O)N[C@@H](CO)C(=O)N[C@@H](CCC(N)=O)C(=O)N[C@@H](CCCCN)C(=O)O. The molecule has 29 nitrogen and oxygen atoms in total. The molecule has 0 aromatic carbocycles. The van der Waals surface area contributed by atoms with Gasteiger partial charge in [0.2, 0.25) is 59.1 Å². The van der Waals surface area contributed by atoms with Crippen LogP contribution in [-0.2, 0) is 57.5 Å². The van der Waals surface area contributed by atoms with E-state index in [1.165, 1.54) is 0 Å². The van der Waals surface area contributed by atoms with Crippen LogP contribution < -0.4 is 65.5 Å². The monoisotopic (exact) mass is 962 g/mol. The van der Waals surface area contributed by atoms with E-state index in [4.69, 9.17) is 22.9 Å². The number of hydrogen-bond donors (Lipinski definition) is 17. The van der Waals surface area contributed by atoms with Crippen molar-refractivity contribution in [3.05, 3.63) is 0 Å². The Morgan fingerprint density at radius 3 is 1.31 bits per heavy atom. The largest absolute Gasteiger partial charge is 0.481 e. The van der Waals surface area contributed by atoms with Crippen molar-refractivity contribution in [1.29, 1.82) is 0 Å². The minimum Gasteiger partial charge on any atom is -0.481 e. The molecule has 0 saturated heterocycles. The van der Waals surface area contributed by atoms with Crippen molar-refractivity contribution in [2.24, 2.45) is 28.9 Å². The molecule has 0 bridgehead atoms. The van der Waals surface area contributed by atoms with Crippen LogP contribution in [0.2, 0.25) is 0 Å². The van der Waals surface area contributed by atoms with Crippen molar-refractivity contribution >= 4 is 71.0 Å². The molecule has 0 unspecified atom stereocenters. The lowest BCUT2D eigenvalue weighted by Crippen LogP contribution is -2.60. The summed E-state index contributed by atoms with van der Waals surface area (Å²) in [6.45, 7) is -0.335. The third-order valence-corrected chi connectivity index (χ3v) is 9.41. The van der Waals surface area contributed by atoms with E-state index >= 15 is 0 Å². The van der Waals surface area contributed by atoms with E-state index in [2.05, 4.69) is 42.5 Å². The third kappa shape index (κ3) is 25.1. The van der Waals surface area contributed by atoms with Crippen molar-refractivity contribution in [2.45, 2.75) is 126 Å². The van der Waals surface area contributed by atoms with Crippen LogP contribution in [0.3, 0.4) is 0 Å². The second-order valence-electron chi connectivity index (χ2n) is 15.6. The van der Waals surface area contributed by atoms with E-state index in [9.17, 15) is 83.1 Å². The van der Waals surface area contributed by atoms with Gasteiger partial charge in [0, 0.05) is 19.3 Å². The molecule has 0 rings (SSSR count). The number of aliphatic carboxylic acids is 2. The number of carbonyl (C=O) groups excluding carboxylic acids is 10. The Morgan fingerprint density at radius 2 is 0.881 bits per heavy atom. The second-order valence-corrected chi connectivity index (χ2v) is 15.6. The molecule has 0 aliphatic rings. The summed E-state index contributed by atoms with van der Waals surface area (Å²) in [6, 6.07) is -12.7. The van der Waals surface area contributed by atoms with Crippen LogP contribution in [0.25, 0.3) is 0 Å². The van der Waals surface area contributed by atoms with Crippen molar-refractivity contribution in [2.75, 3.05) is 32.9 Å². The maximum absolute atomic E-state index is 13.4. The molecule has 67 heavy (non-hydrogen) atoms. The highest BCUT2D eigenvalue weighted by atomic mass is 16.4. The number of primary amides is 2. The number of amides is 10. The predicted octanol–water partition coefficient (Wildman–Crippen LogP) is -8.54. The minimum absolute atomic E-state index is 0.0211. The quantitative estimate of drug-likeness (QED) is 0.0262.